The van der Waals surface area contributed by atoms with Crippen LogP contribution in [0, 0.1) is 10.1 Å². The van der Waals surface area contributed by atoms with Crippen LogP contribution >= 0.6 is 11.3 Å². The van der Waals surface area contributed by atoms with E-state index in [9.17, 15) is 10.1 Å². The number of hydrogen-bond acceptors (Lipinski definition) is 7. The lowest BCUT2D eigenvalue weighted by Crippen LogP contribution is -2.03. The Bertz CT molecular complexity index is 519. The van der Waals surface area contributed by atoms with Crippen LogP contribution in [0.1, 0.15) is 18.0 Å². The van der Waals surface area contributed by atoms with Gasteiger partial charge in [0.15, 0.2) is 10.8 Å². The van der Waals surface area contributed by atoms with E-state index in [1.165, 1.54) is 23.5 Å². The fourth-order valence-corrected chi connectivity index (χ4v) is 1.82. The Morgan fingerprint density at radius 2 is 2.31 bits per heavy atom. The van der Waals surface area contributed by atoms with Crippen LogP contribution in [-0.2, 0) is 0 Å². The minimum Gasteiger partial charge on any atom is -0.398 e. The first-order chi connectivity index (χ1) is 7.58. The molecule has 0 saturated carbocycles. The summed E-state index contributed by atoms with van der Waals surface area (Å²) in [6.07, 6.45) is 0. The summed E-state index contributed by atoms with van der Waals surface area (Å²) in [6.45, 7) is 1.79. The van der Waals surface area contributed by atoms with E-state index in [4.69, 9.17) is 10.2 Å². The molecular weight excluding hydrogens is 232 g/mol. The Kier molecular flexibility index (Phi) is 2.67. The number of rotatable bonds is 3. The summed E-state index contributed by atoms with van der Waals surface area (Å²) in [7, 11) is 0. The Labute approximate surface area is 94.1 Å². The van der Waals surface area contributed by atoms with E-state index < -0.39 is 4.92 Å². The molecule has 1 atom stereocenters. The van der Waals surface area contributed by atoms with Crippen molar-refractivity contribution < 1.29 is 9.34 Å². The highest BCUT2D eigenvalue weighted by Gasteiger charge is 2.17. The number of nitrogens with two attached hydrogens (primary N) is 1. The van der Waals surface area contributed by atoms with E-state index in [-0.39, 0.29) is 11.9 Å². The second kappa shape index (κ2) is 3.99. The topological polar surface area (TPSA) is 108 Å². The van der Waals surface area contributed by atoms with E-state index in [0.29, 0.717) is 15.8 Å². The molecule has 2 N–H and O–H groups in total. The number of hydrogen-bond donors (Lipinski definition) is 1. The van der Waals surface area contributed by atoms with Crippen LogP contribution in [0.15, 0.2) is 16.5 Å². The summed E-state index contributed by atoms with van der Waals surface area (Å²) < 4.78 is 4.99. The van der Waals surface area contributed by atoms with Crippen LogP contribution in [-0.4, -0.2) is 15.1 Å². The van der Waals surface area contributed by atoms with E-state index >= 15 is 0 Å². The van der Waals surface area contributed by atoms with Gasteiger partial charge in [0.25, 0.3) is 0 Å². The van der Waals surface area contributed by atoms with E-state index in [1.807, 2.05) is 0 Å². The maximum Gasteiger partial charge on any atom is 0.433 e. The summed E-state index contributed by atoms with van der Waals surface area (Å²) in [5.41, 5.74) is 5.63. The van der Waals surface area contributed by atoms with Gasteiger partial charge in [-0.05, 0) is 13.0 Å². The van der Waals surface area contributed by atoms with Crippen molar-refractivity contribution in [3.63, 3.8) is 0 Å². The Morgan fingerprint density at radius 3 is 2.81 bits per heavy atom. The largest absolute Gasteiger partial charge is 0.433 e. The minimum atomic E-state index is -0.600. The predicted octanol–water partition coefficient (Wildman–Crippen LogP) is 1.73. The number of nitro groups is 1. The van der Waals surface area contributed by atoms with Gasteiger partial charge in [-0.2, -0.15) is 0 Å². The highest BCUT2D eigenvalue weighted by atomic mass is 32.1. The van der Waals surface area contributed by atoms with Crippen LogP contribution < -0.4 is 5.73 Å². The van der Waals surface area contributed by atoms with Crippen LogP contribution in [0.25, 0.3) is 10.8 Å². The lowest BCUT2D eigenvalue weighted by molar-refractivity contribution is -0.401. The third-order valence-corrected chi connectivity index (χ3v) is 2.95. The summed E-state index contributed by atoms with van der Waals surface area (Å²) in [4.78, 5) is 9.82. The van der Waals surface area contributed by atoms with Gasteiger partial charge in [0.1, 0.15) is 9.93 Å². The normalized spacial score (nSPS) is 12.6. The van der Waals surface area contributed by atoms with Gasteiger partial charge in [-0.3, -0.25) is 10.1 Å². The molecule has 0 spiro atoms. The van der Waals surface area contributed by atoms with Gasteiger partial charge in [0, 0.05) is 0 Å². The van der Waals surface area contributed by atoms with Crippen molar-refractivity contribution in [1.29, 1.82) is 0 Å². The maximum absolute atomic E-state index is 10.4. The molecule has 0 saturated heterocycles. The SMILES string of the molecule is CC(N)c1nnc(-c2ccc([N+](=O)[O-])o2)s1. The molecule has 0 aliphatic rings. The molecule has 0 amide bonds. The molecule has 1 unspecified atom stereocenters. The third kappa shape index (κ3) is 1.92. The van der Waals surface area contributed by atoms with Gasteiger partial charge in [-0.25, -0.2) is 0 Å². The molecule has 16 heavy (non-hydrogen) atoms. The van der Waals surface area contributed by atoms with Gasteiger partial charge < -0.3 is 10.2 Å². The molecule has 7 nitrogen and oxygen atoms in total. The van der Waals surface area contributed by atoms with Gasteiger partial charge in [-0.1, -0.05) is 11.3 Å². The lowest BCUT2D eigenvalue weighted by atomic mass is 10.4. The van der Waals surface area contributed by atoms with Crippen molar-refractivity contribution >= 4 is 17.2 Å². The molecule has 0 aliphatic carbocycles. The van der Waals surface area contributed by atoms with Crippen molar-refractivity contribution in [3.8, 4) is 10.8 Å². The molecule has 2 heterocycles. The monoisotopic (exact) mass is 240 g/mol. The highest BCUT2D eigenvalue weighted by Crippen LogP contribution is 2.29. The molecule has 0 radical (unpaired) electrons. The van der Waals surface area contributed by atoms with Gasteiger partial charge in [0.2, 0.25) is 0 Å². The van der Waals surface area contributed by atoms with Crippen molar-refractivity contribution in [2.24, 2.45) is 5.73 Å². The molecule has 2 aromatic rings. The Hall–Kier alpha value is -1.80. The summed E-state index contributed by atoms with van der Waals surface area (Å²) in [5.74, 6) is 0.0173. The van der Waals surface area contributed by atoms with Crippen molar-refractivity contribution in [2.75, 3.05) is 0 Å². The molecule has 2 rings (SSSR count). The molecule has 0 aliphatic heterocycles. The second-order valence-electron chi connectivity index (χ2n) is 3.13. The zero-order chi connectivity index (χ0) is 11.7. The highest BCUT2D eigenvalue weighted by molar-refractivity contribution is 7.14. The summed E-state index contributed by atoms with van der Waals surface area (Å²) in [5, 5.41) is 19.3. The molecule has 0 aromatic carbocycles. The van der Waals surface area contributed by atoms with Crippen molar-refractivity contribution in [2.45, 2.75) is 13.0 Å². The van der Waals surface area contributed by atoms with Crippen LogP contribution in [0.3, 0.4) is 0 Å². The number of nitrogens with zero attached hydrogens (tertiary/aromatic N) is 3. The number of furan rings is 1. The zero-order valence-corrected chi connectivity index (χ0v) is 9.10. The van der Waals surface area contributed by atoms with E-state index in [1.54, 1.807) is 6.92 Å². The quantitative estimate of drug-likeness (QED) is 0.646. The first-order valence-corrected chi connectivity index (χ1v) is 5.23. The van der Waals surface area contributed by atoms with E-state index in [2.05, 4.69) is 10.2 Å². The zero-order valence-electron chi connectivity index (χ0n) is 8.28. The number of aromatic nitrogens is 2. The average molecular weight is 240 g/mol. The molecule has 0 bridgehead atoms. The van der Waals surface area contributed by atoms with Gasteiger partial charge in [-0.15, -0.1) is 10.2 Å². The Balaban J connectivity index is 2.31. The first kappa shape index (κ1) is 10.7. The molecular formula is C8H8N4O3S. The smallest absolute Gasteiger partial charge is 0.398 e. The predicted molar refractivity (Wildman–Crippen MR) is 56.9 cm³/mol. The second-order valence-corrected chi connectivity index (χ2v) is 4.14. The molecule has 84 valence electrons. The maximum atomic E-state index is 10.4. The van der Waals surface area contributed by atoms with Gasteiger partial charge in [0.05, 0.1) is 12.1 Å². The Morgan fingerprint density at radius 1 is 1.56 bits per heavy atom. The average Bonchev–Trinajstić information content (AvgIpc) is 2.86. The fraction of sp³-hybridized carbons (Fsp3) is 0.250. The standard InChI is InChI=1S/C8H8N4O3S/c1-4(9)7-10-11-8(16-7)5-2-3-6(15-5)12(13)14/h2-4H,9H2,1H3. The lowest BCUT2D eigenvalue weighted by Gasteiger charge is -1.93. The third-order valence-electron chi connectivity index (χ3n) is 1.81. The molecule has 0 fully saturated rings. The van der Waals surface area contributed by atoms with Crippen LogP contribution in [0.4, 0.5) is 5.88 Å². The fourth-order valence-electron chi connectivity index (χ4n) is 1.06. The molecule has 2 aromatic heterocycles. The van der Waals surface area contributed by atoms with E-state index in [0.717, 1.165) is 0 Å². The molecule has 8 heteroatoms. The summed E-state index contributed by atoms with van der Waals surface area (Å²) >= 11 is 1.26. The van der Waals surface area contributed by atoms with Crippen molar-refractivity contribution in [1.82, 2.24) is 10.2 Å². The van der Waals surface area contributed by atoms with Crippen LogP contribution in [0.5, 0.6) is 0 Å². The van der Waals surface area contributed by atoms with Crippen molar-refractivity contribution in [3.05, 3.63) is 27.3 Å². The minimum absolute atomic E-state index is 0.212. The van der Waals surface area contributed by atoms with Gasteiger partial charge >= 0.3 is 5.88 Å². The first-order valence-electron chi connectivity index (χ1n) is 4.41. The van der Waals surface area contributed by atoms with Crippen LogP contribution in [0.2, 0.25) is 0 Å². The summed E-state index contributed by atoms with van der Waals surface area (Å²) in [6, 6.07) is 2.56.